The van der Waals surface area contributed by atoms with Gasteiger partial charge in [0.2, 0.25) is 0 Å². The average Bonchev–Trinajstić information content (AvgIpc) is 2.58. The molecule has 130 valence electrons. The Balaban J connectivity index is 2.03. The Morgan fingerprint density at radius 3 is 2.50 bits per heavy atom. The van der Waals surface area contributed by atoms with Gasteiger partial charge >= 0.3 is 0 Å². The predicted molar refractivity (Wildman–Crippen MR) is 99.9 cm³/mol. The molecule has 0 saturated carbocycles. The van der Waals surface area contributed by atoms with Crippen molar-refractivity contribution in [1.82, 2.24) is 5.32 Å². The highest BCUT2D eigenvalue weighted by Crippen LogP contribution is 2.32. The van der Waals surface area contributed by atoms with Crippen molar-refractivity contribution in [2.75, 3.05) is 13.7 Å². The minimum Gasteiger partial charge on any atom is -0.493 e. The van der Waals surface area contributed by atoms with Crippen LogP contribution in [0.4, 0.5) is 0 Å². The number of methoxy groups -OCH3 is 1. The van der Waals surface area contributed by atoms with Crippen molar-refractivity contribution in [3.63, 3.8) is 0 Å². The van der Waals surface area contributed by atoms with E-state index in [1.807, 2.05) is 36.4 Å². The maximum atomic E-state index is 6.06. The Morgan fingerprint density at radius 1 is 1.08 bits per heavy atom. The summed E-state index contributed by atoms with van der Waals surface area (Å²) in [5, 5.41) is 4.21. The Hall–Kier alpha value is -1.71. The molecule has 2 rings (SSSR count). The topological polar surface area (TPSA) is 30.5 Å². The summed E-state index contributed by atoms with van der Waals surface area (Å²) in [7, 11) is 1.67. The molecule has 2 aromatic carbocycles. The van der Waals surface area contributed by atoms with Crippen LogP contribution in [-0.2, 0) is 13.2 Å². The summed E-state index contributed by atoms with van der Waals surface area (Å²) in [5.74, 6) is 2.25. The number of halogens is 1. The number of rotatable bonds is 9. The average molecular weight is 348 g/mol. The molecule has 0 saturated heterocycles. The first kappa shape index (κ1) is 18.6. The maximum Gasteiger partial charge on any atom is 0.166 e. The fourth-order valence-electron chi connectivity index (χ4n) is 2.37. The number of benzene rings is 2. The van der Waals surface area contributed by atoms with Crippen LogP contribution in [0.5, 0.6) is 11.5 Å². The van der Waals surface area contributed by atoms with E-state index in [1.54, 1.807) is 7.11 Å². The van der Waals surface area contributed by atoms with Gasteiger partial charge in [0.05, 0.1) is 7.11 Å². The first-order valence-electron chi connectivity index (χ1n) is 8.34. The standard InChI is InChI=1S/C20H26ClNO2/c1-15(2)11-12-22-13-17-5-4-6-19(23-3)20(17)24-14-16-7-9-18(21)10-8-16/h4-10,15,22H,11-14H2,1-3H3. The van der Waals surface area contributed by atoms with Crippen molar-refractivity contribution in [1.29, 1.82) is 0 Å². The van der Waals surface area contributed by atoms with Gasteiger partial charge in [0.15, 0.2) is 11.5 Å². The second-order valence-electron chi connectivity index (χ2n) is 6.22. The first-order chi connectivity index (χ1) is 11.6. The molecule has 0 aliphatic rings. The van der Waals surface area contributed by atoms with Gasteiger partial charge in [0.25, 0.3) is 0 Å². The fraction of sp³-hybridized carbons (Fsp3) is 0.400. The van der Waals surface area contributed by atoms with Crippen LogP contribution in [0.15, 0.2) is 42.5 Å². The van der Waals surface area contributed by atoms with Gasteiger partial charge in [-0.25, -0.2) is 0 Å². The zero-order valence-electron chi connectivity index (χ0n) is 14.6. The third kappa shape index (κ3) is 5.73. The van der Waals surface area contributed by atoms with Gasteiger partial charge < -0.3 is 14.8 Å². The summed E-state index contributed by atoms with van der Waals surface area (Å²) >= 11 is 5.93. The quantitative estimate of drug-likeness (QED) is 0.643. The van der Waals surface area contributed by atoms with Gasteiger partial charge in [0, 0.05) is 17.1 Å². The number of para-hydroxylation sites is 1. The summed E-state index contributed by atoms with van der Waals surface area (Å²) < 4.78 is 11.5. The van der Waals surface area contributed by atoms with Gasteiger partial charge in [-0.2, -0.15) is 0 Å². The summed E-state index contributed by atoms with van der Waals surface area (Å²) in [6.07, 6.45) is 1.16. The summed E-state index contributed by atoms with van der Waals surface area (Å²) in [6.45, 7) is 6.70. The summed E-state index contributed by atoms with van der Waals surface area (Å²) in [4.78, 5) is 0. The van der Waals surface area contributed by atoms with Crippen LogP contribution in [0.2, 0.25) is 5.02 Å². The van der Waals surface area contributed by atoms with E-state index in [2.05, 4.69) is 25.2 Å². The maximum absolute atomic E-state index is 6.06. The molecule has 1 N–H and O–H groups in total. The van der Waals surface area contributed by atoms with Crippen molar-refractivity contribution >= 4 is 11.6 Å². The molecular formula is C20H26ClNO2. The third-order valence-corrected chi connectivity index (χ3v) is 4.04. The molecule has 0 aromatic heterocycles. The Labute approximate surface area is 149 Å². The highest BCUT2D eigenvalue weighted by molar-refractivity contribution is 6.30. The lowest BCUT2D eigenvalue weighted by Crippen LogP contribution is -2.17. The van der Waals surface area contributed by atoms with Gasteiger partial charge in [0.1, 0.15) is 6.61 Å². The number of hydrogen-bond donors (Lipinski definition) is 1. The molecule has 0 heterocycles. The van der Waals surface area contributed by atoms with Gasteiger partial charge in [-0.1, -0.05) is 49.7 Å². The molecule has 0 unspecified atom stereocenters. The third-order valence-electron chi connectivity index (χ3n) is 3.79. The normalized spacial score (nSPS) is 10.9. The number of nitrogens with one attached hydrogen (secondary N) is 1. The molecule has 0 spiro atoms. The van der Waals surface area contributed by atoms with E-state index >= 15 is 0 Å². The predicted octanol–water partition coefficient (Wildman–Crippen LogP) is 5.06. The Bertz CT molecular complexity index is 626. The SMILES string of the molecule is COc1cccc(CNCCC(C)C)c1OCc1ccc(Cl)cc1. The molecule has 2 aromatic rings. The number of hydrogen-bond acceptors (Lipinski definition) is 3. The van der Waals surface area contributed by atoms with Gasteiger partial charge in [-0.05, 0) is 42.6 Å². The van der Waals surface area contributed by atoms with Crippen LogP contribution in [0.3, 0.4) is 0 Å². The van der Waals surface area contributed by atoms with Crippen molar-refractivity contribution in [2.24, 2.45) is 5.92 Å². The van der Waals surface area contributed by atoms with E-state index in [-0.39, 0.29) is 0 Å². The van der Waals surface area contributed by atoms with Gasteiger partial charge in [-0.3, -0.25) is 0 Å². The Kier molecular flexibility index (Phi) is 7.41. The van der Waals surface area contributed by atoms with Crippen LogP contribution < -0.4 is 14.8 Å². The molecule has 0 aliphatic carbocycles. The van der Waals surface area contributed by atoms with E-state index in [0.29, 0.717) is 12.5 Å². The fourth-order valence-corrected chi connectivity index (χ4v) is 2.50. The lowest BCUT2D eigenvalue weighted by molar-refractivity contribution is 0.280. The second kappa shape index (κ2) is 9.55. The molecule has 3 nitrogen and oxygen atoms in total. The van der Waals surface area contributed by atoms with E-state index in [9.17, 15) is 0 Å². The van der Waals surface area contributed by atoms with Crippen molar-refractivity contribution in [3.05, 3.63) is 58.6 Å². The molecule has 0 aliphatic heterocycles. The van der Waals surface area contributed by atoms with E-state index < -0.39 is 0 Å². The van der Waals surface area contributed by atoms with Crippen molar-refractivity contribution in [3.8, 4) is 11.5 Å². The van der Waals surface area contributed by atoms with Crippen LogP contribution >= 0.6 is 11.6 Å². The molecule has 24 heavy (non-hydrogen) atoms. The van der Waals surface area contributed by atoms with Crippen molar-refractivity contribution < 1.29 is 9.47 Å². The minimum atomic E-state index is 0.483. The zero-order valence-corrected chi connectivity index (χ0v) is 15.4. The molecule has 4 heteroatoms. The highest BCUT2D eigenvalue weighted by Gasteiger charge is 2.11. The van der Waals surface area contributed by atoms with Crippen LogP contribution in [0, 0.1) is 5.92 Å². The zero-order chi connectivity index (χ0) is 17.4. The molecule has 0 bridgehead atoms. The Morgan fingerprint density at radius 2 is 1.83 bits per heavy atom. The van der Waals surface area contributed by atoms with Crippen LogP contribution in [0.25, 0.3) is 0 Å². The minimum absolute atomic E-state index is 0.483. The molecule has 0 radical (unpaired) electrons. The largest absolute Gasteiger partial charge is 0.493 e. The first-order valence-corrected chi connectivity index (χ1v) is 8.71. The summed E-state index contributed by atoms with van der Waals surface area (Å²) in [6, 6.07) is 13.7. The molecule has 0 fully saturated rings. The lowest BCUT2D eigenvalue weighted by Gasteiger charge is -2.16. The van der Waals surface area contributed by atoms with Crippen molar-refractivity contribution in [2.45, 2.75) is 33.4 Å². The second-order valence-corrected chi connectivity index (χ2v) is 6.66. The summed E-state index contributed by atoms with van der Waals surface area (Å²) in [5.41, 5.74) is 2.18. The highest BCUT2D eigenvalue weighted by atomic mass is 35.5. The van der Waals surface area contributed by atoms with E-state index in [1.165, 1.54) is 0 Å². The molecule has 0 atom stereocenters. The smallest absolute Gasteiger partial charge is 0.166 e. The number of ether oxygens (including phenoxy) is 2. The van der Waals surface area contributed by atoms with E-state index in [4.69, 9.17) is 21.1 Å². The molecular weight excluding hydrogens is 322 g/mol. The van der Waals surface area contributed by atoms with Crippen LogP contribution in [0.1, 0.15) is 31.4 Å². The monoisotopic (exact) mass is 347 g/mol. The lowest BCUT2D eigenvalue weighted by atomic mass is 10.1. The van der Waals surface area contributed by atoms with E-state index in [0.717, 1.165) is 47.2 Å². The van der Waals surface area contributed by atoms with Gasteiger partial charge in [-0.15, -0.1) is 0 Å². The molecule has 0 amide bonds. The van der Waals surface area contributed by atoms with Crippen LogP contribution in [-0.4, -0.2) is 13.7 Å².